The normalized spacial score (nSPS) is 11.1. The second-order valence-corrected chi connectivity index (χ2v) is 6.38. The van der Waals surface area contributed by atoms with Crippen molar-refractivity contribution in [1.82, 2.24) is 4.98 Å². The molecule has 0 amide bonds. The lowest BCUT2D eigenvalue weighted by molar-refractivity contribution is 0.348. The molecule has 0 atom stereocenters. The molecule has 29 heavy (non-hydrogen) atoms. The number of rotatable bonds is 6. The van der Waals surface area contributed by atoms with Crippen LogP contribution in [0.15, 0.2) is 65.1 Å². The van der Waals surface area contributed by atoms with Crippen molar-refractivity contribution in [3.8, 4) is 28.4 Å². The van der Waals surface area contributed by atoms with E-state index < -0.39 is 0 Å². The van der Waals surface area contributed by atoms with Gasteiger partial charge in [-0.25, -0.2) is 4.98 Å². The Hall–Kier alpha value is -3.73. The maximum atomic E-state index is 5.86. The van der Waals surface area contributed by atoms with E-state index in [0.717, 1.165) is 27.8 Å². The molecule has 1 aromatic heterocycles. The molecule has 0 saturated carbocycles. The fraction of sp³-hybridized carbons (Fsp3) is 0.125. The smallest absolute Gasteiger partial charge is 0.220 e. The van der Waals surface area contributed by atoms with Gasteiger partial charge >= 0.3 is 0 Å². The highest BCUT2D eigenvalue weighted by molar-refractivity contribution is 5.82. The highest BCUT2D eigenvalue weighted by Gasteiger charge is 2.11. The first-order chi connectivity index (χ1) is 14.2. The molecule has 3 aromatic carbocycles. The van der Waals surface area contributed by atoms with E-state index in [0.29, 0.717) is 23.1 Å². The van der Waals surface area contributed by atoms with E-state index in [1.807, 2.05) is 54.6 Å². The maximum absolute atomic E-state index is 5.86. The van der Waals surface area contributed by atoms with Crippen LogP contribution in [0, 0.1) is 0 Å². The lowest BCUT2D eigenvalue weighted by atomic mass is 10.1. The van der Waals surface area contributed by atoms with Gasteiger partial charge in [-0.15, -0.1) is 0 Å². The number of methoxy groups -OCH3 is 3. The van der Waals surface area contributed by atoms with Crippen LogP contribution in [0.4, 0.5) is 0 Å². The number of aromatic nitrogens is 1. The van der Waals surface area contributed by atoms with E-state index in [1.165, 1.54) is 0 Å². The van der Waals surface area contributed by atoms with Crippen molar-refractivity contribution in [2.75, 3.05) is 21.3 Å². The molecule has 0 bridgehead atoms. The maximum Gasteiger partial charge on any atom is 0.220 e. The van der Waals surface area contributed by atoms with Crippen molar-refractivity contribution in [2.24, 2.45) is 0 Å². The molecule has 0 fully saturated rings. The van der Waals surface area contributed by atoms with Crippen LogP contribution >= 0.6 is 0 Å². The van der Waals surface area contributed by atoms with E-state index in [-0.39, 0.29) is 0 Å². The molecule has 0 aliphatic heterocycles. The molecule has 5 nitrogen and oxygen atoms in total. The Morgan fingerprint density at radius 1 is 0.724 bits per heavy atom. The number of fused-ring (bicyclic) bond motifs is 1. The summed E-state index contributed by atoms with van der Waals surface area (Å²) < 4.78 is 22.0. The zero-order valence-electron chi connectivity index (χ0n) is 16.5. The lowest BCUT2D eigenvalue weighted by Crippen LogP contribution is -1.94. The number of ether oxygens (including phenoxy) is 3. The lowest BCUT2D eigenvalue weighted by Gasteiger charge is -2.11. The number of hydrogen-bond acceptors (Lipinski definition) is 5. The van der Waals surface area contributed by atoms with Crippen LogP contribution in [0.3, 0.4) is 0 Å². The summed E-state index contributed by atoms with van der Waals surface area (Å²) in [7, 11) is 4.81. The van der Waals surface area contributed by atoms with E-state index in [1.54, 1.807) is 27.4 Å². The van der Waals surface area contributed by atoms with Gasteiger partial charge in [-0.2, -0.15) is 0 Å². The van der Waals surface area contributed by atoms with Gasteiger partial charge in [0.15, 0.2) is 17.1 Å². The molecule has 0 aliphatic rings. The predicted molar refractivity (Wildman–Crippen MR) is 114 cm³/mol. The van der Waals surface area contributed by atoms with Gasteiger partial charge in [0.2, 0.25) is 5.89 Å². The van der Waals surface area contributed by atoms with Crippen molar-refractivity contribution in [3.63, 3.8) is 0 Å². The zero-order chi connectivity index (χ0) is 20.2. The third-order valence-corrected chi connectivity index (χ3v) is 4.65. The molecular formula is C24H21NO4. The van der Waals surface area contributed by atoms with Gasteiger partial charge in [0.1, 0.15) is 11.3 Å². The Bertz CT molecular complexity index is 1160. The van der Waals surface area contributed by atoms with Crippen molar-refractivity contribution in [1.29, 1.82) is 0 Å². The predicted octanol–water partition coefficient (Wildman–Crippen LogP) is 5.69. The number of nitrogens with zero attached hydrogens (tertiary/aromatic N) is 1. The highest BCUT2D eigenvalue weighted by Crippen LogP contribution is 2.35. The summed E-state index contributed by atoms with van der Waals surface area (Å²) in [6.07, 6.45) is 3.69. The van der Waals surface area contributed by atoms with E-state index in [9.17, 15) is 0 Å². The Labute approximate surface area is 169 Å². The first-order valence-corrected chi connectivity index (χ1v) is 9.16. The Morgan fingerprint density at radius 2 is 1.45 bits per heavy atom. The van der Waals surface area contributed by atoms with Crippen LogP contribution in [-0.4, -0.2) is 26.3 Å². The van der Waals surface area contributed by atoms with E-state index in [4.69, 9.17) is 18.6 Å². The van der Waals surface area contributed by atoms with Gasteiger partial charge in [-0.05, 0) is 35.4 Å². The Kier molecular flexibility index (Phi) is 5.20. The highest BCUT2D eigenvalue weighted by atomic mass is 16.5. The van der Waals surface area contributed by atoms with Crippen molar-refractivity contribution in [3.05, 3.63) is 72.1 Å². The van der Waals surface area contributed by atoms with Gasteiger partial charge in [0.25, 0.3) is 0 Å². The van der Waals surface area contributed by atoms with Crippen LogP contribution in [0.25, 0.3) is 34.4 Å². The summed E-state index contributed by atoms with van der Waals surface area (Å²) >= 11 is 0. The second kappa shape index (κ2) is 8.10. The Morgan fingerprint density at radius 3 is 2.17 bits per heavy atom. The van der Waals surface area contributed by atoms with Crippen molar-refractivity contribution >= 4 is 23.3 Å². The SMILES string of the molecule is COc1cc(OC)c(OC)cc1C=Cc1nc2cc(-c3ccccc3)ccc2o1. The molecule has 0 aliphatic carbocycles. The van der Waals surface area contributed by atoms with Gasteiger partial charge in [0, 0.05) is 17.7 Å². The van der Waals surface area contributed by atoms with Crippen LogP contribution in [0.5, 0.6) is 17.2 Å². The molecular weight excluding hydrogens is 366 g/mol. The monoisotopic (exact) mass is 387 g/mol. The quantitative estimate of drug-likeness (QED) is 0.425. The van der Waals surface area contributed by atoms with Crippen LogP contribution in [0.2, 0.25) is 0 Å². The van der Waals surface area contributed by atoms with Gasteiger partial charge in [-0.1, -0.05) is 36.4 Å². The second-order valence-electron chi connectivity index (χ2n) is 6.38. The van der Waals surface area contributed by atoms with E-state index >= 15 is 0 Å². The minimum atomic E-state index is 0.516. The minimum absolute atomic E-state index is 0.516. The first kappa shape index (κ1) is 18.6. The molecule has 4 aromatic rings. The number of benzene rings is 3. The molecule has 1 heterocycles. The summed E-state index contributed by atoms with van der Waals surface area (Å²) in [5.41, 5.74) is 4.62. The largest absolute Gasteiger partial charge is 0.496 e. The van der Waals surface area contributed by atoms with E-state index in [2.05, 4.69) is 17.1 Å². The fourth-order valence-electron chi connectivity index (χ4n) is 3.17. The third kappa shape index (κ3) is 3.80. The average Bonchev–Trinajstić information content (AvgIpc) is 3.19. The Balaban J connectivity index is 1.66. The van der Waals surface area contributed by atoms with Gasteiger partial charge in [0.05, 0.1) is 21.3 Å². The van der Waals surface area contributed by atoms with Crippen LogP contribution < -0.4 is 14.2 Å². The van der Waals surface area contributed by atoms with Crippen LogP contribution in [0.1, 0.15) is 11.5 Å². The summed E-state index contributed by atoms with van der Waals surface area (Å²) in [5, 5.41) is 0. The molecule has 5 heteroatoms. The topological polar surface area (TPSA) is 53.7 Å². The molecule has 0 radical (unpaired) electrons. The fourth-order valence-corrected chi connectivity index (χ4v) is 3.17. The number of hydrogen-bond donors (Lipinski definition) is 0. The van der Waals surface area contributed by atoms with Crippen LogP contribution in [-0.2, 0) is 0 Å². The third-order valence-electron chi connectivity index (χ3n) is 4.65. The van der Waals surface area contributed by atoms with Crippen molar-refractivity contribution < 1.29 is 18.6 Å². The summed E-state index contributed by atoms with van der Waals surface area (Å²) in [6.45, 7) is 0. The van der Waals surface area contributed by atoms with Gasteiger partial charge in [-0.3, -0.25) is 0 Å². The molecule has 0 unspecified atom stereocenters. The zero-order valence-corrected chi connectivity index (χ0v) is 16.5. The minimum Gasteiger partial charge on any atom is -0.496 e. The molecule has 4 rings (SSSR count). The summed E-state index contributed by atoms with van der Waals surface area (Å²) in [4.78, 5) is 4.60. The average molecular weight is 387 g/mol. The first-order valence-electron chi connectivity index (χ1n) is 9.16. The molecule has 0 N–H and O–H groups in total. The summed E-state index contributed by atoms with van der Waals surface area (Å²) in [5.74, 6) is 2.42. The molecule has 0 spiro atoms. The molecule has 146 valence electrons. The number of oxazole rings is 1. The van der Waals surface area contributed by atoms with Crippen molar-refractivity contribution in [2.45, 2.75) is 0 Å². The molecule has 0 saturated heterocycles. The van der Waals surface area contributed by atoms with Gasteiger partial charge < -0.3 is 18.6 Å². The standard InChI is InChI=1S/C24H21NO4/c1-26-21-15-23(28-3)22(27-2)14-18(21)10-12-24-25-19-13-17(9-11-20(19)29-24)16-7-5-4-6-8-16/h4-15H,1-3H3. The summed E-state index contributed by atoms with van der Waals surface area (Å²) in [6, 6.07) is 19.8.